The van der Waals surface area contributed by atoms with E-state index < -0.39 is 17.3 Å². The standard InChI is InChI=1S/CH3N3O3S/c2-3-1(5)4-8(6)7/h2H,(H,4,5)(H,6,7). The molecular formula is CH3N3O3S. The van der Waals surface area contributed by atoms with Gasteiger partial charge in [0.2, 0.25) is 0 Å². The van der Waals surface area contributed by atoms with E-state index in [1.807, 2.05) is 0 Å². The molecule has 7 heteroatoms. The molecule has 0 saturated heterocycles. The Kier molecular flexibility index (Phi) is 2.89. The summed E-state index contributed by atoms with van der Waals surface area (Å²) in [7, 11) is 0. The third kappa shape index (κ3) is 3.37. The van der Waals surface area contributed by atoms with Crippen molar-refractivity contribution < 1.29 is 13.6 Å². The lowest BCUT2D eigenvalue weighted by atomic mass is 11.2. The molecule has 0 aliphatic heterocycles. The Bertz CT molecular complexity index is 132. The Balaban J connectivity index is 3.55. The lowest BCUT2D eigenvalue weighted by Crippen LogP contribution is -2.20. The van der Waals surface area contributed by atoms with Crippen molar-refractivity contribution in [1.82, 2.24) is 4.72 Å². The number of amides is 2. The first-order valence-electron chi connectivity index (χ1n) is 1.45. The van der Waals surface area contributed by atoms with Crippen LogP contribution in [0.2, 0.25) is 0 Å². The summed E-state index contributed by atoms with van der Waals surface area (Å²) in [5.74, 6) is 0. The molecule has 0 radical (unpaired) electrons. The van der Waals surface area contributed by atoms with Crippen LogP contribution >= 0.6 is 0 Å². The van der Waals surface area contributed by atoms with Crippen molar-refractivity contribution in [2.45, 2.75) is 0 Å². The molecule has 6 nitrogen and oxygen atoms in total. The molecule has 1 unspecified atom stereocenters. The van der Waals surface area contributed by atoms with Crippen molar-refractivity contribution in [3.8, 4) is 0 Å². The van der Waals surface area contributed by atoms with Gasteiger partial charge in [-0.3, -0.25) is 4.55 Å². The Morgan fingerprint density at radius 2 is 2.38 bits per heavy atom. The van der Waals surface area contributed by atoms with E-state index in [1.165, 1.54) is 4.72 Å². The van der Waals surface area contributed by atoms with E-state index in [2.05, 4.69) is 5.11 Å². The molecule has 2 amide bonds. The van der Waals surface area contributed by atoms with Crippen LogP contribution in [0.1, 0.15) is 0 Å². The zero-order valence-electron chi connectivity index (χ0n) is 3.62. The zero-order chi connectivity index (χ0) is 6.57. The van der Waals surface area contributed by atoms with Crippen LogP contribution in [0.4, 0.5) is 4.79 Å². The summed E-state index contributed by atoms with van der Waals surface area (Å²) in [6, 6.07) is -1.13. The highest BCUT2D eigenvalue weighted by Crippen LogP contribution is 1.70. The molecule has 0 heterocycles. The van der Waals surface area contributed by atoms with E-state index in [9.17, 15) is 9.00 Å². The van der Waals surface area contributed by atoms with Crippen molar-refractivity contribution >= 4 is 17.3 Å². The first-order chi connectivity index (χ1) is 3.66. The minimum absolute atomic E-state index is 1.13. The number of hydrogen-bond acceptors (Lipinski definition) is 3. The summed E-state index contributed by atoms with van der Waals surface area (Å²) < 4.78 is 18.9. The molecule has 0 bridgehead atoms. The van der Waals surface area contributed by atoms with Crippen LogP contribution in [0.15, 0.2) is 5.11 Å². The highest BCUT2D eigenvalue weighted by molar-refractivity contribution is 7.77. The predicted octanol–water partition coefficient (Wildman–Crippen LogP) is -0.136. The maximum atomic E-state index is 9.80. The quantitative estimate of drug-likeness (QED) is 0.346. The van der Waals surface area contributed by atoms with Gasteiger partial charge in [0.05, 0.1) is 0 Å². The minimum atomic E-state index is -2.41. The number of rotatable bonds is 1. The van der Waals surface area contributed by atoms with Crippen molar-refractivity contribution in [1.29, 1.82) is 5.53 Å². The molecular weight excluding hydrogens is 134 g/mol. The van der Waals surface area contributed by atoms with Crippen LogP contribution in [0, 0.1) is 5.53 Å². The Morgan fingerprint density at radius 1 is 1.88 bits per heavy atom. The van der Waals surface area contributed by atoms with Gasteiger partial charge in [-0.2, -0.15) is 5.53 Å². The van der Waals surface area contributed by atoms with Gasteiger partial charge in [-0.25, -0.2) is 13.7 Å². The first kappa shape index (κ1) is 7.18. The van der Waals surface area contributed by atoms with Crippen LogP contribution < -0.4 is 4.72 Å². The minimum Gasteiger partial charge on any atom is -0.289 e. The van der Waals surface area contributed by atoms with Gasteiger partial charge in [-0.05, 0) is 0 Å². The van der Waals surface area contributed by atoms with Crippen LogP contribution in [-0.4, -0.2) is 14.8 Å². The van der Waals surface area contributed by atoms with E-state index in [4.69, 9.17) is 10.1 Å². The molecule has 0 aromatic rings. The molecule has 3 N–H and O–H groups in total. The molecule has 0 aliphatic rings. The first-order valence-corrected chi connectivity index (χ1v) is 2.56. The molecule has 8 heavy (non-hydrogen) atoms. The molecule has 0 aromatic heterocycles. The zero-order valence-corrected chi connectivity index (χ0v) is 4.44. The highest BCUT2D eigenvalue weighted by Gasteiger charge is 1.97. The second-order valence-corrected chi connectivity index (χ2v) is 1.47. The van der Waals surface area contributed by atoms with Gasteiger partial charge in [-0.1, -0.05) is 5.11 Å². The maximum Gasteiger partial charge on any atom is 0.372 e. The highest BCUT2D eigenvalue weighted by atomic mass is 32.2. The maximum absolute atomic E-state index is 9.80. The summed E-state index contributed by atoms with van der Waals surface area (Å²) in [6.07, 6.45) is 0. The van der Waals surface area contributed by atoms with Crippen molar-refractivity contribution in [3.63, 3.8) is 0 Å². The SMILES string of the molecule is N=NC(=O)NS(=O)O. The van der Waals surface area contributed by atoms with Crippen LogP contribution in [-0.2, 0) is 11.3 Å². The summed E-state index contributed by atoms with van der Waals surface area (Å²) in [5, 5.41) is 2.28. The fourth-order valence-corrected chi connectivity index (χ4v) is 0.293. The number of carbonyl (C=O) groups is 1. The normalized spacial score (nSPS) is 12.1. The number of hydrogen-bond donors (Lipinski definition) is 3. The lowest BCUT2D eigenvalue weighted by molar-refractivity contribution is 0.251. The number of nitrogens with zero attached hydrogens (tertiary/aromatic N) is 1. The van der Waals surface area contributed by atoms with Gasteiger partial charge in [-0.15, -0.1) is 0 Å². The van der Waals surface area contributed by atoms with Crippen LogP contribution in [0.25, 0.3) is 0 Å². The smallest absolute Gasteiger partial charge is 0.289 e. The van der Waals surface area contributed by atoms with E-state index in [0.29, 0.717) is 0 Å². The van der Waals surface area contributed by atoms with Crippen LogP contribution in [0.5, 0.6) is 0 Å². The van der Waals surface area contributed by atoms with Gasteiger partial charge in [0.25, 0.3) is 11.3 Å². The molecule has 0 spiro atoms. The van der Waals surface area contributed by atoms with E-state index in [1.54, 1.807) is 0 Å². The topological polar surface area (TPSA) is 103 Å². The number of urea groups is 1. The van der Waals surface area contributed by atoms with Crippen molar-refractivity contribution in [3.05, 3.63) is 0 Å². The largest absolute Gasteiger partial charge is 0.372 e. The fraction of sp³-hybridized carbons (Fsp3) is 0. The predicted molar refractivity (Wildman–Crippen MR) is 24.5 cm³/mol. The average Bonchev–Trinajstić information content (AvgIpc) is 1.65. The van der Waals surface area contributed by atoms with E-state index in [0.717, 1.165) is 0 Å². The van der Waals surface area contributed by atoms with Gasteiger partial charge in [0, 0.05) is 0 Å². The van der Waals surface area contributed by atoms with Crippen molar-refractivity contribution in [2.75, 3.05) is 0 Å². The van der Waals surface area contributed by atoms with Gasteiger partial charge >= 0.3 is 6.03 Å². The molecule has 0 aliphatic carbocycles. The van der Waals surface area contributed by atoms with E-state index in [-0.39, 0.29) is 0 Å². The fourth-order valence-electron chi connectivity index (χ4n) is 0.0975. The van der Waals surface area contributed by atoms with Gasteiger partial charge in [0.1, 0.15) is 0 Å². The summed E-state index contributed by atoms with van der Waals surface area (Å²) in [5.41, 5.74) is 5.97. The Labute approximate surface area is 47.2 Å². The summed E-state index contributed by atoms with van der Waals surface area (Å²) in [4.78, 5) is 9.80. The number of nitrogens with one attached hydrogen (secondary N) is 2. The molecule has 0 rings (SSSR count). The number of carbonyl (C=O) groups excluding carboxylic acids is 1. The van der Waals surface area contributed by atoms with Gasteiger partial charge < -0.3 is 0 Å². The molecule has 0 saturated carbocycles. The Morgan fingerprint density at radius 3 is 2.50 bits per heavy atom. The molecule has 46 valence electrons. The van der Waals surface area contributed by atoms with Crippen LogP contribution in [0.3, 0.4) is 0 Å². The second kappa shape index (κ2) is 3.22. The second-order valence-electron chi connectivity index (χ2n) is 0.768. The molecule has 0 fully saturated rings. The lowest BCUT2D eigenvalue weighted by Gasteiger charge is -1.87. The monoisotopic (exact) mass is 137 g/mol. The third-order valence-electron chi connectivity index (χ3n) is 0.276. The molecule has 0 aromatic carbocycles. The summed E-state index contributed by atoms with van der Waals surface area (Å²) in [6.45, 7) is 0. The Hall–Kier alpha value is -0.820. The summed E-state index contributed by atoms with van der Waals surface area (Å²) >= 11 is -2.41. The average molecular weight is 137 g/mol. The van der Waals surface area contributed by atoms with E-state index >= 15 is 0 Å². The van der Waals surface area contributed by atoms with Crippen molar-refractivity contribution in [2.24, 2.45) is 5.11 Å². The molecule has 1 atom stereocenters. The van der Waals surface area contributed by atoms with Gasteiger partial charge in [0.15, 0.2) is 0 Å². The third-order valence-corrected chi connectivity index (χ3v) is 0.625.